The van der Waals surface area contributed by atoms with Crippen LogP contribution in [0.2, 0.25) is 0 Å². The van der Waals surface area contributed by atoms with E-state index in [1.54, 1.807) is 0 Å². The number of aryl methyl sites for hydroxylation is 1. The van der Waals surface area contributed by atoms with Crippen molar-refractivity contribution in [1.29, 1.82) is 0 Å². The fraction of sp³-hybridized carbons (Fsp3) is 0.571. The highest BCUT2D eigenvalue weighted by Gasteiger charge is 2.21. The number of nitrogens with one attached hydrogen (secondary N) is 1. The molecule has 1 aromatic rings. The van der Waals surface area contributed by atoms with E-state index in [0.29, 0.717) is 5.92 Å². The molecule has 2 rings (SSSR count). The van der Waals surface area contributed by atoms with Crippen molar-refractivity contribution < 1.29 is 0 Å². The molecular weight excluding hydrogens is 182 g/mol. The molecule has 0 heterocycles. The van der Waals surface area contributed by atoms with Gasteiger partial charge in [-0.05, 0) is 37.7 Å². The van der Waals surface area contributed by atoms with Crippen molar-refractivity contribution in [2.45, 2.75) is 45.1 Å². The zero-order valence-corrected chi connectivity index (χ0v) is 9.79. The highest BCUT2D eigenvalue weighted by molar-refractivity contribution is 5.24. The summed E-state index contributed by atoms with van der Waals surface area (Å²) in [6.45, 7) is 5.57. The van der Waals surface area contributed by atoms with E-state index < -0.39 is 0 Å². The van der Waals surface area contributed by atoms with Crippen LogP contribution < -0.4 is 5.32 Å². The van der Waals surface area contributed by atoms with Gasteiger partial charge < -0.3 is 5.32 Å². The topological polar surface area (TPSA) is 12.0 Å². The van der Waals surface area contributed by atoms with Gasteiger partial charge in [-0.1, -0.05) is 36.8 Å². The van der Waals surface area contributed by atoms with Crippen LogP contribution in [0.4, 0.5) is 0 Å². The van der Waals surface area contributed by atoms with E-state index in [0.717, 1.165) is 12.6 Å². The first-order valence-corrected chi connectivity index (χ1v) is 6.09. The lowest BCUT2D eigenvalue weighted by molar-refractivity contribution is 0.567. The van der Waals surface area contributed by atoms with Gasteiger partial charge in [0, 0.05) is 12.6 Å². The van der Waals surface area contributed by atoms with Gasteiger partial charge in [0.25, 0.3) is 0 Å². The molecule has 0 bridgehead atoms. The lowest BCUT2D eigenvalue weighted by atomic mass is 9.95. The number of benzene rings is 1. The summed E-state index contributed by atoms with van der Waals surface area (Å²) in [5.74, 6) is 0.686. The monoisotopic (exact) mass is 203 g/mol. The fourth-order valence-corrected chi connectivity index (χ4v) is 1.93. The Labute approximate surface area is 92.9 Å². The summed E-state index contributed by atoms with van der Waals surface area (Å²) in [6, 6.07) is 9.81. The molecule has 15 heavy (non-hydrogen) atoms. The van der Waals surface area contributed by atoms with E-state index in [1.807, 2.05) is 0 Å². The van der Waals surface area contributed by atoms with Crippen LogP contribution in [0, 0.1) is 6.92 Å². The molecule has 1 aliphatic carbocycles. The molecule has 0 spiro atoms. The Bertz CT molecular complexity index is 298. The number of hydrogen-bond acceptors (Lipinski definition) is 1. The third kappa shape index (κ3) is 3.07. The summed E-state index contributed by atoms with van der Waals surface area (Å²) >= 11 is 0. The van der Waals surface area contributed by atoms with Gasteiger partial charge in [0.15, 0.2) is 0 Å². The van der Waals surface area contributed by atoms with E-state index in [1.165, 1.54) is 30.4 Å². The molecule has 1 unspecified atom stereocenters. The van der Waals surface area contributed by atoms with Crippen molar-refractivity contribution in [1.82, 2.24) is 5.32 Å². The maximum atomic E-state index is 3.62. The van der Waals surface area contributed by atoms with Gasteiger partial charge in [0.2, 0.25) is 0 Å². The molecule has 0 aliphatic heterocycles. The van der Waals surface area contributed by atoms with Crippen molar-refractivity contribution in [3.63, 3.8) is 0 Å². The third-order valence-electron chi connectivity index (χ3n) is 3.27. The van der Waals surface area contributed by atoms with E-state index in [4.69, 9.17) is 0 Å². The van der Waals surface area contributed by atoms with Gasteiger partial charge in [0.05, 0.1) is 0 Å². The van der Waals surface area contributed by atoms with Gasteiger partial charge in [-0.25, -0.2) is 0 Å². The minimum atomic E-state index is 0.686. The maximum absolute atomic E-state index is 3.62. The molecule has 0 amide bonds. The molecule has 0 aromatic heterocycles. The number of rotatable bonds is 5. The quantitative estimate of drug-likeness (QED) is 0.774. The minimum Gasteiger partial charge on any atom is -0.313 e. The lowest BCUT2D eigenvalue weighted by Gasteiger charge is -2.16. The van der Waals surface area contributed by atoms with Gasteiger partial charge in [0.1, 0.15) is 0 Å². The lowest BCUT2D eigenvalue weighted by Crippen LogP contribution is -2.23. The molecule has 1 N–H and O–H groups in total. The highest BCUT2D eigenvalue weighted by atomic mass is 14.9. The summed E-state index contributed by atoms with van der Waals surface area (Å²) < 4.78 is 0. The van der Waals surface area contributed by atoms with Crippen LogP contribution in [-0.4, -0.2) is 12.6 Å². The molecule has 1 nitrogen and oxygen atoms in total. The molecule has 82 valence electrons. The molecule has 1 fully saturated rings. The van der Waals surface area contributed by atoms with Gasteiger partial charge in [-0.2, -0.15) is 0 Å². The SMILES string of the molecule is CCC(CNC1CC1)c1ccc(C)cc1. The summed E-state index contributed by atoms with van der Waals surface area (Å²) in [5, 5.41) is 3.62. The van der Waals surface area contributed by atoms with Crippen molar-refractivity contribution >= 4 is 0 Å². The van der Waals surface area contributed by atoms with Crippen LogP contribution in [0.25, 0.3) is 0 Å². The van der Waals surface area contributed by atoms with Crippen LogP contribution >= 0.6 is 0 Å². The van der Waals surface area contributed by atoms with Crippen LogP contribution in [0.1, 0.15) is 43.2 Å². The first kappa shape index (κ1) is 10.7. The first-order valence-electron chi connectivity index (χ1n) is 6.09. The van der Waals surface area contributed by atoms with Crippen molar-refractivity contribution in [2.75, 3.05) is 6.54 Å². The summed E-state index contributed by atoms with van der Waals surface area (Å²) in [6.07, 6.45) is 3.98. The maximum Gasteiger partial charge on any atom is 0.00684 e. The smallest absolute Gasteiger partial charge is 0.00684 e. The summed E-state index contributed by atoms with van der Waals surface area (Å²) in [7, 11) is 0. The van der Waals surface area contributed by atoms with Crippen LogP contribution in [0.5, 0.6) is 0 Å². The molecule has 1 aromatic carbocycles. The molecule has 0 radical (unpaired) electrons. The normalized spacial score (nSPS) is 17.7. The largest absolute Gasteiger partial charge is 0.313 e. The predicted octanol–water partition coefficient (Wildman–Crippen LogP) is 3.24. The summed E-state index contributed by atoms with van der Waals surface area (Å²) in [4.78, 5) is 0. The molecule has 1 heteroatoms. The highest BCUT2D eigenvalue weighted by Crippen LogP contribution is 2.23. The fourth-order valence-electron chi connectivity index (χ4n) is 1.93. The second-order valence-electron chi connectivity index (χ2n) is 4.70. The Kier molecular flexibility index (Phi) is 3.42. The second kappa shape index (κ2) is 4.80. The third-order valence-corrected chi connectivity index (χ3v) is 3.27. The van der Waals surface area contributed by atoms with E-state index in [-0.39, 0.29) is 0 Å². The Morgan fingerprint density at radius 1 is 1.27 bits per heavy atom. The van der Waals surface area contributed by atoms with E-state index >= 15 is 0 Å². The molecule has 1 saturated carbocycles. The zero-order chi connectivity index (χ0) is 10.7. The van der Waals surface area contributed by atoms with Crippen molar-refractivity contribution in [2.24, 2.45) is 0 Å². The number of hydrogen-bond donors (Lipinski definition) is 1. The predicted molar refractivity (Wildman–Crippen MR) is 65.2 cm³/mol. The van der Waals surface area contributed by atoms with Crippen LogP contribution in [-0.2, 0) is 0 Å². The summed E-state index contributed by atoms with van der Waals surface area (Å²) in [5.41, 5.74) is 2.83. The van der Waals surface area contributed by atoms with Crippen LogP contribution in [0.3, 0.4) is 0 Å². The van der Waals surface area contributed by atoms with E-state index in [2.05, 4.69) is 43.4 Å². The van der Waals surface area contributed by atoms with Crippen molar-refractivity contribution in [3.05, 3.63) is 35.4 Å². The van der Waals surface area contributed by atoms with Gasteiger partial charge >= 0.3 is 0 Å². The van der Waals surface area contributed by atoms with Gasteiger partial charge in [-0.3, -0.25) is 0 Å². The molecule has 1 atom stereocenters. The van der Waals surface area contributed by atoms with E-state index in [9.17, 15) is 0 Å². The molecule has 1 aliphatic rings. The zero-order valence-electron chi connectivity index (χ0n) is 9.79. The molecular formula is C14H21N. The molecule has 0 saturated heterocycles. The standard InChI is InChI=1S/C14H21N/c1-3-12(10-15-14-8-9-14)13-6-4-11(2)5-7-13/h4-7,12,14-15H,3,8-10H2,1-2H3. The van der Waals surface area contributed by atoms with Crippen LogP contribution in [0.15, 0.2) is 24.3 Å². The Hall–Kier alpha value is -0.820. The van der Waals surface area contributed by atoms with Gasteiger partial charge in [-0.15, -0.1) is 0 Å². The Morgan fingerprint density at radius 2 is 1.93 bits per heavy atom. The van der Waals surface area contributed by atoms with Crippen molar-refractivity contribution in [3.8, 4) is 0 Å². The average molecular weight is 203 g/mol. The minimum absolute atomic E-state index is 0.686. The average Bonchev–Trinajstić information content (AvgIpc) is 3.05. The Morgan fingerprint density at radius 3 is 2.47 bits per heavy atom. The first-order chi connectivity index (χ1) is 7.29. The second-order valence-corrected chi connectivity index (χ2v) is 4.70. The Balaban J connectivity index is 1.94.